The number of ether oxygens (including phenoxy) is 1. The van der Waals surface area contributed by atoms with Crippen LogP contribution in [0, 0.1) is 18.3 Å². The maximum atomic E-state index is 9.10. The molecular formula is C17H16N4O2. The van der Waals surface area contributed by atoms with E-state index in [-0.39, 0.29) is 11.7 Å². The van der Waals surface area contributed by atoms with Gasteiger partial charge in [-0.05, 0) is 32.0 Å². The summed E-state index contributed by atoms with van der Waals surface area (Å²) in [4.78, 5) is 8.17. The molecule has 2 heterocycles. The summed E-state index contributed by atoms with van der Waals surface area (Å²) in [7, 11) is 1.64. The van der Waals surface area contributed by atoms with Crippen LogP contribution in [0.25, 0.3) is 11.0 Å². The van der Waals surface area contributed by atoms with Crippen molar-refractivity contribution in [1.82, 2.24) is 9.97 Å². The summed E-state index contributed by atoms with van der Waals surface area (Å²) in [6.07, 6.45) is 3.04. The number of hydrogen-bond acceptors (Lipinski definition) is 6. The molecule has 6 heteroatoms. The van der Waals surface area contributed by atoms with Crippen LogP contribution in [0.1, 0.15) is 30.0 Å². The summed E-state index contributed by atoms with van der Waals surface area (Å²) < 4.78 is 11.2. The summed E-state index contributed by atoms with van der Waals surface area (Å²) in [5.74, 6) is 2.02. The zero-order valence-electron chi connectivity index (χ0n) is 13.1. The van der Waals surface area contributed by atoms with Crippen molar-refractivity contribution in [2.75, 3.05) is 12.4 Å². The van der Waals surface area contributed by atoms with Crippen molar-refractivity contribution in [1.29, 1.82) is 5.26 Å². The van der Waals surface area contributed by atoms with Crippen molar-refractivity contribution in [3.8, 4) is 11.8 Å². The monoisotopic (exact) mass is 308 g/mol. The van der Waals surface area contributed by atoms with Crippen LogP contribution in [0.4, 0.5) is 5.82 Å². The molecule has 0 spiro atoms. The number of fused-ring (bicyclic) bond motifs is 1. The third-order valence-electron chi connectivity index (χ3n) is 3.73. The zero-order valence-corrected chi connectivity index (χ0v) is 13.1. The maximum Gasteiger partial charge on any atom is 0.182 e. The number of anilines is 1. The molecule has 0 saturated heterocycles. The lowest BCUT2D eigenvalue weighted by Gasteiger charge is -2.13. The summed E-state index contributed by atoms with van der Waals surface area (Å²) in [6, 6.07) is 7.58. The normalized spacial score (nSPS) is 11.9. The lowest BCUT2D eigenvalue weighted by Crippen LogP contribution is -2.10. The summed E-state index contributed by atoms with van der Waals surface area (Å²) in [5.41, 5.74) is 2.09. The number of furan rings is 1. The minimum Gasteiger partial charge on any atom is -0.497 e. The number of nitrogens with zero attached hydrogens (tertiary/aromatic N) is 3. The Morgan fingerprint density at radius 3 is 2.83 bits per heavy atom. The van der Waals surface area contributed by atoms with Crippen molar-refractivity contribution in [2.45, 2.75) is 19.9 Å². The Morgan fingerprint density at radius 2 is 2.09 bits per heavy atom. The summed E-state index contributed by atoms with van der Waals surface area (Å²) in [6.45, 7) is 3.96. The fourth-order valence-electron chi connectivity index (χ4n) is 2.56. The van der Waals surface area contributed by atoms with E-state index in [2.05, 4.69) is 15.3 Å². The molecule has 0 saturated carbocycles. The fraction of sp³-hybridized carbons (Fsp3) is 0.235. The topological polar surface area (TPSA) is 84.0 Å². The first kappa shape index (κ1) is 14.9. The first-order chi connectivity index (χ1) is 11.1. The Morgan fingerprint density at radius 1 is 1.30 bits per heavy atom. The van der Waals surface area contributed by atoms with E-state index in [0.717, 1.165) is 28.0 Å². The van der Waals surface area contributed by atoms with Gasteiger partial charge in [-0.3, -0.25) is 0 Å². The molecule has 3 rings (SSSR count). The van der Waals surface area contributed by atoms with Crippen LogP contribution >= 0.6 is 0 Å². The Bertz CT molecular complexity index is 895. The molecule has 1 N–H and O–H groups in total. The van der Waals surface area contributed by atoms with Crippen LogP contribution in [-0.2, 0) is 0 Å². The highest BCUT2D eigenvalue weighted by Crippen LogP contribution is 2.33. The van der Waals surface area contributed by atoms with E-state index >= 15 is 0 Å². The van der Waals surface area contributed by atoms with Gasteiger partial charge in [0.2, 0.25) is 0 Å². The van der Waals surface area contributed by atoms with Gasteiger partial charge in [-0.1, -0.05) is 0 Å². The fourth-order valence-corrected chi connectivity index (χ4v) is 2.56. The molecule has 0 fully saturated rings. The molecule has 0 aliphatic heterocycles. The van der Waals surface area contributed by atoms with Crippen molar-refractivity contribution >= 4 is 16.8 Å². The number of aromatic nitrogens is 2. The molecule has 1 atom stereocenters. The van der Waals surface area contributed by atoms with Crippen molar-refractivity contribution in [2.24, 2.45) is 0 Å². The minimum atomic E-state index is -0.155. The first-order valence-corrected chi connectivity index (χ1v) is 7.18. The smallest absolute Gasteiger partial charge is 0.182 e. The minimum absolute atomic E-state index is 0.155. The highest BCUT2D eigenvalue weighted by atomic mass is 16.5. The van der Waals surface area contributed by atoms with Gasteiger partial charge in [-0.25, -0.2) is 9.97 Å². The molecule has 6 nitrogen and oxygen atoms in total. The van der Waals surface area contributed by atoms with E-state index in [1.54, 1.807) is 13.3 Å². The number of methoxy groups -OCH3 is 1. The van der Waals surface area contributed by atoms with Gasteiger partial charge in [-0.2, -0.15) is 5.26 Å². The Labute approximate surface area is 133 Å². The highest BCUT2D eigenvalue weighted by Gasteiger charge is 2.18. The second-order valence-electron chi connectivity index (χ2n) is 5.18. The van der Waals surface area contributed by atoms with Gasteiger partial charge in [0.05, 0.1) is 13.2 Å². The van der Waals surface area contributed by atoms with Crippen LogP contribution in [0.5, 0.6) is 5.75 Å². The number of nitriles is 1. The molecule has 0 bridgehead atoms. The standard InChI is InChI=1S/C17H16N4O2/c1-10-13-8-12(22-3)4-5-15(13)23-16(10)11(2)21-17-14(9-18)19-6-7-20-17/h4-8,11H,1-3H3,(H,20,21). The number of benzene rings is 1. The average Bonchev–Trinajstić information content (AvgIpc) is 2.91. The van der Waals surface area contributed by atoms with Crippen molar-refractivity contribution in [3.63, 3.8) is 0 Å². The maximum absolute atomic E-state index is 9.10. The third-order valence-corrected chi connectivity index (χ3v) is 3.73. The van der Waals surface area contributed by atoms with Gasteiger partial charge < -0.3 is 14.5 Å². The zero-order chi connectivity index (χ0) is 16.4. The molecule has 3 aromatic rings. The molecule has 23 heavy (non-hydrogen) atoms. The summed E-state index contributed by atoms with van der Waals surface area (Å²) >= 11 is 0. The van der Waals surface area contributed by atoms with Crippen LogP contribution in [0.15, 0.2) is 35.0 Å². The SMILES string of the molecule is COc1ccc2oc(C(C)Nc3nccnc3C#N)c(C)c2c1. The van der Waals surface area contributed by atoms with E-state index in [1.807, 2.05) is 38.1 Å². The largest absolute Gasteiger partial charge is 0.497 e. The van der Waals surface area contributed by atoms with E-state index in [9.17, 15) is 0 Å². The van der Waals surface area contributed by atoms with Crippen molar-refractivity contribution < 1.29 is 9.15 Å². The molecule has 116 valence electrons. The van der Waals surface area contributed by atoms with Crippen LogP contribution < -0.4 is 10.1 Å². The summed E-state index contributed by atoms with van der Waals surface area (Å²) in [5, 5.41) is 13.3. The second-order valence-corrected chi connectivity index (χ2v) is 5.18. The predicted octanol–water partition coefficient (Wildman–Crippen LogP) is 3.58. The number of rotatable bonds is 4. The number of nitrogens with one attached hydrogen (secondary N) is 1. The van der Waals surface area contributed by atoms with Gasteiger partial charge in [-0.15, -0.1) is 0 Å². The van der Waals surface area contributed by atoms with Crippen LogP contribution in [-0.4, -0.2) is 17.1 Å². The third kappa shape index (κ3) is 2.69. The van der Waals surface area contributed by atoms with E-state index < -0.39 is 0 Å². The molecule has 1 unspecified atom stereocenters. The molecular weight excluding hydrogens is 292 g/mol. The Kier molecular flexibility index (Phi) is 3.85. The Balaban J connectivity index is 1.96. The molecule has 0 amide bonds. The van der Waals surface area contributed by atoms with Crippen LogP contribution in [0.3, 0.4) is 0 Å². The van der Waals surface area contributed by atoms with E-state index in [4.69, 9.17) is 14.4 Å². The molecule has 0 aliphatic rings. The highest BCUT2D eigenvalue weighted by molar-refractivity contribution is 5.83. The average molecular weight is 308 g/mol. The van der Waals surface area contributed by atoms with E-state index in [1.165, 1.54) is 6.20 Å². The lowest BCUT2D eigenvalue weighted by molar-refractivity contribution is 0.415. The lowest BCUT2D eigenvalue weighted by atomic mass is 10.1. The first-order valence-electron chi connectivity index (χ1n) is 7.18. The molecule has 0 aliphatic carbocycles. The number of aryl methyl sites for hydroxylation is 1. The van der Waals surface area contributed by atoms with Gasteiger partial charge in [0.1, 0.15) is 23.2 Å². The van der Waals surface area contributed by atoms with Crippen molar-refractivity contribution in [3.05, 3.63) is 47.6 Å². The van der Waals surface area contributed by atoms with Gasteiger partial charge in [0.25, 0.3) is 0 Å². The Hall–Kier alpha value is -3.07. The predicted molar refractivity (Wildman–Crippen MR) is 86.3 cm³/mol. The van der Waals surface area contributed by atoms with Gasteiger partial charge >= 0.3 is 0 Å². The number of hydrogen-bond donors (Lipinski definition) is 1. The molecule has 2 aromatic heterocycles. The second kappa shape index (κ2) is 5.97. The van der Waals surface area contributed by atoms with E-state index in [0.29, 0.717) is 5.82 Å². The van der Waals surface area contributed by atoms with Crippen LogP contribution in [0.2, 0.25) is 0 Å². The van der Waals surface area contributed by atoms with Gasteiger partial charge in [0, 0.05) is 23.3 Å². The van der Waals surface area contributed by atoms with Gasteiger partial charge in [0.15, 0.2) is 11.5 Å². The quantitative estimate of drug-likeness (QED) is 0.793. The molecule has 0 radical (unpaired) electrons. The molecule has 1 aromatic carbocycles.